The number of aliphatic hydroxyl groups is 1. The molecule has 0 aliphatic heterocycles. The standard InChI is InChI=1S/C12H20N2O/c1-4-6-11-12(7-10(15)5-2)13-8-9(3)14-11/h8,10,15H,4-7H2,1-3H3. The number of aryl methyl sites for hydroxylation is 2. The number of hydrogen-bond donors (Lipinski definition) is 1. The third-order valence-corrected chi connectivity index (χ3v) is 2.44. The molecule has 0 bridgehead atoms. The summed E-state index contributed by atoms with van der Waals surface area (Å²) in [5.41, 5.74) is 2.95. The van der Waals surface area contributed by atoms with Gasteiger partial charge in [0.05, 0.1) is 23.2 Å². The molecule has 1 N–H and O–H groups in total. The maximum atomic E-state index is 9.61. The average molecular weight is 208 g/mol. The molecule has 15 heavy (non-hydrogen) atoms. The highest BCUT2D eigenvalue weighted by Crippen LogP contribution is 2.10. The Morgan fingerprint density at radius 3 is 2.67 bits per heavy atom. The van der Waals surface area contributed by atoms with Gasteiger partial charge in [-0.3, -0.25) is 9.97 Å². The molecule has 1 atom stereocenters. The van der Waals surface area contributed by atoms with Gasteiger partial charge in [0, 0.05) is 12.6 Å². The van der Waals surface area contributed by atoms with Gasteiger partial charge in [-0.25, -0.2) is 0 Å². The van der Waals surface area contributed by atoms with Crippen LogP contribution in [-0.4, -0.2) is 21.2 Å². The van der Waals surface area contributed by atoms with Crippen LogP contribution in [-0.2, 0) is 12.8 Å². The van der Waals surface area contributed by atoms with E-state index in [2.05, 4.69) is 16.9 Å². The summed E-state index contributed by atoms with van der Waals surface area (Å²) in [6.07, 6.45) is 4.88. The van der Waals surface area contributed by atoms with Crippen LogP contribution in [0, 0.1) is 6.92 Å². The molecule has 0 spiro atoms. The van der Waals surface area contributed by atoms with E-state index in [9.17, 15) is 5.11 Å². The van der Waals surface area contributed by atoms with Gasteiger partial charge in [-0.2, -0.15) is 0 Å². The molecule has 1 aromatic rings. The average Bonchev–Trinajstić information content (AvgIpc) is 2.22. The van der Waals surface area contributed by atoms with Crippen LogP contribution in [0.5, 0.6) is 0 Å². The van der Waals surface area contributed by atoms with Crippen LogP contribution >= 0.6 is 0 Å². The summed E-state index contributed by atoms with van der Waals surface area (Å²) in [5, 5.41) is 9.61. The lowest BCUT2D eigenvalue weighted by molar-refractivity contribution is 0.169. The van der Waals surface area contributed by atoms with E-state index in [-0.39, 0.29) is 6.10 Å². The predicted octanol–water partition coefficient (Wildman–Crippen LogP) is 2.05. The zero-order chi connectivity index (χ0) is 11.3. The zero-order valence-corrected chi connectivity index (χ0v) is 9.82. The summed E-state index contributed by atoms with van der Waals surface area (Å²) in [7, 11) is 0. The molecule has 0 radical (unpaired) electrons. The van der Waals surface area contributed by atoms with E-state index in [1.807, 2.05) is 13.8 Å². The Morgan fingerprint density at radius 1 is 1.33 bits per heavy atom. The molecule has 0 saturated carbocycles. The lowest BCUT2D eigenvalue weighted by Crippen LogP contribution is -2.13. The number of hydrogen-bond acceptors (Lipinski definition) is 3. The van der Waals surface area contributed by atoms with Gasteiger partial charge in [-0.05, 0) is 19.8 Å². The van der Waals surface area contributed by atoms with E-state index < -0.39 is 0 Å². The Balaban J connectivity index is 2.85. The fourth-order valence-electron chi connectivity index (χ4n) is 1.53. The van der Waals surface area contributed by atoms with Crippen LogP contribution in [0.4, 0.5) is 0 Å². The first-order valence-electron chi connectivity index (χ1n) is 5.66. The molecule has 3 nitrogen and oxygen atoms in total. The molecule has 0 fully saturated rings. The molecule has 0 aliphatic carbocycles. The minimum atomic E-state index is -0.294. The Morgan fingerprint density at radius 2 is 2.07 bits per heavy atom. The van der Waals surface area contributed by atoms with Gasteiger partial charge in [-0.15, -0.1) is 0 Å². The van der Waals surface area contributed by atoms with Crippen LogP contribution in [0.25, 0.3) is 0 Å². The summed E-state index contributed by atoms with van der Waals surface area (Å²) in [6.45, 7) is 6.06. The summed E-state index contributed by atoms with van der Waals surface area (Å²) in [5.74, 6) is 0. The second-order valence-electron chi connectivity index (χ2n) is 3.92. The number of aliphatic hydroxyl groups excluding tert-OH is 1. The normalized spacial score (nSPS) is 12.8. The van der Waals surface area contributed by atoms with Crippen molar-refractivity contribution in [1.29, 1.82) is 0 Å². The van der Waals surface area contributed by atoms with E-state index in [1.54, 1.807) is 6.20 Å². The van der Waals surface area contributed by atoms with E-state index in [0.717, 1.165) is 36.3 Å². The minimum absolute atomic E-state index is 0.294. The molecule has 0 amide bonds. The Hall–Kier alpha value is -0.960. The molecule has 0 saturated heterocycles. The summed E-state index contributed by atoms with van der Waals surface area (Å²) >= 11 is 0. The van der Waals surface area contributed by atoms with Crippen molar-refractivity contribution in [2.24, 2.45) is 0 Å². The minimum Gasteiger partial charge on any atom is -0.393 e. The number of aromatic nitrogens is 2. The summed E-state index contributed by atoms with van der Waals surface area (Å²) < 4.78 is 0. The first kappa shape index (κ1) is 12.1. The Kier molecular flexibility index (Phi) is 4.69. The maximum Gasteiger partial charge on any atom is 0.0644 e. The topological polar surface area (TPSA) is 46.0 Å². The fraction of sp³-hybridized carbons (Fsp3) is 0.667. The molecule has 1 heterocycles. The monoisotopic (exact) mass is 208 g/mol. The molecule has 1 unspecified atom stereocenters. The number of rotatable bonds is 5. The van der Waals surface area contributed by atoms with Crippen LogP contribution in [0.3, 0.4) is 0 Å². The fourth-order valence-corrected chi connectivity index (χ4v) is 1.53. The van der Waals surface area contributed by atoms with E-state index in [4.69, 9.17) is 0 Å². The van der Waals surface area contributed by atoms with E-state index >= 15 is 0 Å². The van der Waals surface area contributed by atoms with Gasteiger partial charge in [0.1, 0.15) is 0 Å². The molecule has 1 rings (SSSR count). The predicted molar refractivity (Wildman–Crippen MR) is 60.8 cm³/mol. The quantitative estimate of drug-likeness (QED) is 0.805. The molecular formula is C12H20N2O. The van der Waals surface area contributed by atoms with Crippen molar-refractivity contribution in [1.82, 2.24) is 9.97 Å². The largest absolute Gasteiger partial charge is 0.393 e. The molecule has 0 aliphatic rings. The molecule has 0 aromatic carbocycles. The first-order chi connectivity index (χ1) is 7.17. The van der Waals surface area contributed by atoms with Crippen LogP contribution in [0.15, 0.2) is 6.20 Å². The van der Waals surface area contributed by atoms with E-state index in [1.165, 1.54) is 0 Å². The van der Waals surface area contributed by atoms with Gasteiger partial charge >= 0.3 is 0 Å². The highest BCUT2D eigenvalue weighted by molar-refractivity contribution is 5.14. The smallest absolute Gasteiger partial charge is 0.0644 e. The van der Waals surface area contributed by atoms with Crippen LogP contribution in [0.1, 0.15) is 43.8 Å². The van der Waals surface area contributed by atoms with Crippen molar-refractivity contribution in [3.8, 4) is 0 Å². The summed E-state index contributed by atoms with van der Waals surface area (Å²) in [6, 6.07) is 0. The lowest BCUT2D eigenvalue weighted by atomic mass is 10.1. The third kappa shape index (κ3) is 3.59. The zero-order valence-electron chi connectivity index (χ0n) is 9.82. The molecular weight excluding hydrogens is 188 g/mol. The van der Waals surface area contributed by atoms with Crippen molar-refractivity contribution < 1.29 is 5.11 Å². The first-order valence-corrected chi connectivity index (χ1v) is 5.66. The van der Waals surface area contributed by atoms with Crippen molar-refractivity contribution >= 4 is 0 Å². The SMILES string of the molecule is CCCc1nc(C)cnc1CC(O)CC. The Labute approximate surface area is 91.6 Å². The van der Waals surface area contributed by atoms with Crippen molar-refractivity contribution in [2.45, 2.75) is 52.6 Å². The third-order valence-electron chi connectivity index (χ3n) is 2.44. The van der Waals surface area contributed by atoms with Crippen molar-refractivity contribution in [3.63, 3.8) is 0 Å². The van der Waals surface area contributed by atoms with Gasteiger partial charge in [0.25, 0.3) is 0 Å². The molecule has 3 heteroatoms. The lowest BCUT2D eigenvalue weighted by Gasteiger charge is -2.11. The van der Waals surface area contributed by atoms with Gasteiger partial charge < -0.3 is 5.11 Å². The summed E-state index contributed by atoms with van der Waals surface area (Å²) in [4.78, 5) is 8.84. The van der Waals surface area contributed by atoms with Crippen LogP contribution in [0.2, 0.25) is 0 Å². The second kappa shape index (κ2) is 5.81. The highest BCUT2D eigenvalue weighted by Gasteiger charge is 2.10. The highest BCUT2D eigenvalue weighted by atomic mass is 16.3. The maximum absolute atomic E-state index is 9.61. The van der Waals surface area contributed by atoms with E-state index in [0.29, 0.717) is 6.42 Å². The molecule has 84 valence electrons. The van der Waals surface area contributed by atoms with Crippen molar-refractivity contribution in [2.75, 3.05) is 0 Å². The van der Waals surface area contributed by atoms with Gasteiger partial charge in [-0.1, -0.05) is 20.3 Å². The van der Waals surface area contributed by atoms with Crippen LogP contribution < -0.4 is 0 Å². The second-order valence-corrected chi connectivity index (χ2v) is 3.92. The Bertz CT molecular complexity index is 312. The van der Waals surface area contributed by atoms with Crippen molar-refractivity contribution in [3.05, 3.63) is 23.3 Å². The number of nitrogens with zero attached hydrogens (tertiary/aromatic N) is 2. The van der Waals surface area contributed by atoms with Gasteiger partial charge in [0.15, 0.2) is 0 Å². The van der Waals surface area contributed by atoms with Gasteiger partial charge in [0.2, 0.25) is 0 Å². The molecule has 1 aromatic heterocycles.